The van der Waals surface area contributed by atoms with Crippen molar-refractivity contribution in [2.24, 2.45) is 0 Å². The minimum Gasteiger partial charge on any atom is -0.616 e. The summed E-state index contributed by atoms with van der Waals surface area (Å²) in [5.41, 5.74) is 0. The van der Waals surface area contributed by atoms with Gasteiger partial charge in [-0.3, -0.25) is 0 Å². The number of rotatable bonds is 30. The van der Waals surface area contributed by atoms with E-state index in [0.717, 1.165) is 24.5 Å². The molecular formula is C32H66N2O3S2. The van der Waals surface area contributed by atoms with Crippen molar-refractivity contribution in [3.63, 3.8) is 0 Å². The van der Waals surface area contributed by atoms with Crippen molar-refractivity contribution in [1.29, 1.82) is 0 Å². The molecule has 0 fully saturated rings. The molecule has 2 atom stereocenters. The van der Waals surface area contributed by atoms with Crippen LogP contribution in [0.3, 0.4) is 0 Å². The second kappa shape index (κ2) is 30.8. The molecule has 0 rings (SSSR count). The molecule has 0 aliphatic heterocycles. The minimum atomic E-state index is -0.844. The average molecular weight is 591 g/mol. The summed E-state index contributed by atoms with van der Waals surface area (Å²) in [5, 5.41) is 2.94. The third-order valence-electron chi connectivity index (χ3n) is 7.18. The molecule has 1 N–H and O–H groups in total. The van der Waals surface area contributed by atoms with Crippen molar-refractivity contribution in [2.75, 3.05) is 51.1 Å². The predicted octanol–water partition coefficient (Wildman–Crippen LogP) is 8.97. The van der Waals surface area contributed by atoms with Gasteiger partial charge in [-0.2, -0.15) is 11.8 Å². The molecule has 0 bridgehead atoms. The lowest BCUT2D eigenvalue weighted by Crippen LogP contribution is -2.34. The van der Waals surface area contributed by atoms with Crippen LogP contribution in [-0.2, 0) is 15.9 Å². The van der Waals surface area contributed by atoms with E-state index in [-0.39, 0.29) is 11.3 Å². The van der Waals surface area contributed by atoms with Gasteiger partial charge >= 0.3 is 6.09 Å². The molecule has 0 saturated heterocycles. The third-order valence-corrected chi connectivity index (χ3v) is 10.2. The largest absolute Gasteiger partial charge is 0.616 e. The first kappa shape index (κ1) is 38.9. The van der Waals surface area contributed by atoms with Crippen molar-refractivity contribution in [2.45, 2.75) is 148 Å². The maximum atomic E-state index is 12.8. The fourth-order valence-corrected chi connectivity index (χ4v) is 7.54. The lowest BCUT2D eigenvalue weighted by Gasteiger charge is -2.20. The lowest BCUT2D eigenvalue weighted by atomic mass is 10.1. The molecule has 0 aromatic carbocycles. The molecular weight excluding hydrogens is 524 g/mol. The van der Waals surface area contributed by atoms with E-state index in [4.69, 9.17) is 4.74 Å². The number of ether oxygens (including phenoxy) is 1. The van der Waals surface area contributed by atoms with E-state index in [1.807, 2.05) is 30.8 Å². The van der Waals surface area contributed by atoms with Gasteiger partial charge in [-0.1, -0.05) is 134 Å². The number of hydrogen-bond acceptors (Lipinski definition) is 5. The van der Waals surface area contributed by atoms with E-state index in [9.17, 15) is 9.35 Å². The number of unbranched alkanes of at least 4 members (excludes halogenated alkanes) is 18. The second-order valence-corrected chi connectivity index (χ2v) is 14.5. The quantitative estimate of drug-likeness (QED) is 0.0668. The van der Waals surface area contributed by atoms with Crippen LogP contribution in [0.2, 0.25) is 0 Å². The van der Waals surface area contributed by atoms with Gasteiger partial charge in [-0.25, -0.2) is 4.79 Å². The molecule has 39 heavy (non-hydrogen) atoms. The van der Waals surface area contributed by atoms with E-state index in [1.54, 1.807) is 0 Å². The Morgan fingerprint density at radius 2 is 1.23 bits per heavy atom. The van der Waals surface area contributed by atoms with E-state index in [0.29, 0.717) is 18.9 Å². The van der Waals surface area contributed by atoms with Crippen molar-refractivity contribution in [3.8, 4) is 0 Å². The molecule has 0 spiro atoms. The zero-order valence-corrected chi connectivity index (χ0v) is 28.1. The lowest BCUT2D eigenvalue weighted by molar-refractivity contribution is 0.147. The zero-order chi connectivity index (χ0) is 28.8. The average Bonchev–Trinajstić information content (AvgIpc) is 2.91. The summed E-state index contributed by atoms with van der Waals surface area (Å²) in [5.74, 6) is 2.47. The molecule has 0 aromatic heterocycles. The van der Waals surface area contributed by atoms with E-state index in [2.05, 4.69) is 19.2 Å². The number of likely N-dealkylation sites (N-methyl/N-ethyl adjacent to an activating group) is 1. The van der Waals surface area contributed by atoms with Gasteiger partial charge in [0.15, 0.2) is 0 Å². The van der Waals surface area contributed by atoms with Gasteiger partial charge in [-0.15, -0.1) is 0 Å². The van der Waals surface area contributed by atoms with Crippen molar-refractivity contribution < 1.29 is 14.1 Å². The van der Waals surface area contributed by atoms with Crippen molar-refractivity contribution >= 4 is 29.0 Å². The van der Waals surface area contributed by atoms with Crippen LogP contribution in [0.1, 0.15) is 142 Å². The van der Waals surface area contributed by atoms with Crippen LogP contribution in [0.4, 0.5) is 4.79 Å². The Balaban J connectivity index is 4.13. The highest BCUT2D eigenvalue weighted by atomic mass is 32.2. The fourth-order valence-electron chi connectivity index (χ4n) is 4.63. The SMILES string of the molecule is CCCCCCCCCCCCSC(COC(=O)NCCN(C)C)C[S+]([O-])CCCCCCCCCCCC. The first-order chi connectivity index (χ1) is 19.0. The number of carbonyl (C=O) groups is 1. The first-order valence-corrected chi connectivity index (χ1v) is 19.0. The van der Waals surface area contributed by atoms with Gasteiger partial charge < -0.3 is 19.5 Å². The van der Waals surface area contributed by atoms with Gasteiger partial charge in [0.25, 0.3) is 0 Å². The molecule has 0 aromatic rings. The molecule has 5 nitrogen and oxygen atoms in total. The number of nitrogens with zero attached hydrogens (tertiary/aromatic N) is 1. The monoisotopic (exact) mass is 590 g/mol. The predicted molar refractivity (Wildman–Crippen MR) is 176 cm³/mol. The van der Waals surface area contributed by atoms with Crippen LogP contribution in [0.25, 0.3) is 0 Å². The number of amides is 1. The molecule has 234 valence electrons. The van der Waals surface area contributed by atoms with Crippen LogP contribution in [-0.4, -0.2) is 71.8 Å². The Kier molecular flexibility index (Phi) is 30.8. The van der Waals surface area contributed by atoms with Crippen molar-refractivity contribution in [3.05, 3.63) is 0 Å². The summed E-state index contributed by atoms with van der Waals surface area (Å²) >= 11 is 1.01. The Morgan fingerprint density at radius 3 is 1.72 bits per heavy atom. The number of hydrogen-bond donors (Lipinski definition) is 1. The van der Waals surface area contributed by atoms with Gasteiger partial charge in [-0.05, 0) is 39.1 Å². The Bertz CT molecular complexity index is 512. The number of carbonyl (C=O) groups excluding carboxylic acids is 1. The molecule has 1 amide bonds. The highest BCUT2D eigenvalue weighted by Crippen LogP contribution is 2.19. The third kappa shape index (κ3) is 30.7. The Hall–Kier alpha value is -0.110. The standard InChI is InChI=1S/C32H66N2O3S2/c1-5-7-9-11-13-15-17-19-21-23-27-38-31(29-37-32(35)33-25-26-34(3)4)30-39(36)28-24-22-20-18-16-14-12-10-8-6-2/h31H,5-30H2,1-4H3,(H,33,35). The summed E-state index contributed by atoms with van der Waals surface area (Å²) in [6.45, 7) is 6.25. The smallest absolute Gasteiger partial charge is 0.407 e. The fraction of sp³-hybridized carbons (Fsp3) is 0.969. The molecule has 2 unspecified atom stereocenters. The van der Waals surface area contributed by atoms with Gasteiger partial charge in [0.05, 0.1) is 5.25 Å². The van der Waals surface area contributed by atoms with Crippen LogP contribution in [0.15, 0.2) is 0 Å². The first-order valence-electron chi connectivity index (χ1n) is 16.5. The van der Waals surface area contributed by atoms with Crippen LogP contribution in [0.5, 0.6) is 0 Å². The number of thioether (sulfide) groups is 1. The normalized spacial score (nSPS) is 13.1. The maximum Gasteiger partial charge on any atom is 0.407 e. The van der Waals surface area contributed by atoms with E-state index < -0.39 is 11.2 Å². The van der Waals surface area contributed by atoms with Crippen LogP contribution < -0.4 is 5.32 Å². The molecule has 0 radical (unpaired) electrons. The molecule has 0 heterocycles. The summed E-state index contributed by atoms with van der Waals surface area (Å²) in [6, 6.07) is 0. The second-order valence-electron chi connectivity index (χ2n) is 11.5. The number of nitrogens with one attached hydrogen (secondary N) is 1. The topological polar surface area (TPSA) is 64.6 Å². The van der Waals surface area contributed by atoms with E-state index in [1.165, 1.54) is 122 Å². The molecule has 7 heteroatoms. The van der Waals surface area contributed by atoms with Gasteiger partial charge in [0, 0.05) is 13.1 Å². The Labute approximate surface area is 251 Å². The summed E-state index contributed by atoms with van der Waals surface area (Å²) < 4.78 is 18.3. The van der Waals surface area contributed by atoms with Gasteiger partial charge in [0.1, 0.15) is 18.1 Å². The molecule has 0 aliphatic rings. The Morgan fingerprint density at radius 1 is 0.769 bits per heavy atom. The maximum absolute atomic E-state index is 12.8. The van der Waals surface area contributed by atoms with Crippen LogP contribution >= 0.6 is 11.8 Å². The zero-order valence-electron chi connectivity index (χ0n) is 26.5. The summed E-state index contributed by atoms with van der Waals surface area (Å²) in [6.07, 6.45) is 26.0. The highest BCUT2D eigenvalue weighted by molar-refractivity contribution is 8.01. The van der Waals surface area contributed by atoms with E-state index >= 15 is 0 Å². The number of alkyl carbamates (subject to hydrolysis) is 1. The molecule has 0 aliphatic carbocycles. The molecule has 0 saturated carbocycles. The minimum absolute atomic E-state index is 0.118. The summed E-state index contributed by atoms with van der Waals surface area (Å²) in [7, 11) is 3.97. The summed E-state index contributed by atoms with van der Waals surface area (Å²) in [4.78, 5) is 14.1. The van der Waals surface area contributed by atoms with Crippen LogP contribution in [0, 0.1) is 0 Å². The van der Waals surface area contributed by atoms with Crippen molar-refractivity contribution in [1.82, 2.24) is 10.2 Å². The van der Waals surface area contributed by atoms with Gasteiger partial charge in [0.2, 0.25) is 0 Å². The highest BCUT2D eigenvalue weighted by Gasteiger charge is 2.19.